The topological polar surface area (TPSA) is 64.0 Å². The van der Waals surface area contributed by atoms with Gasteiger partial charge in [-0.1, -0.05) is 12.1 Å². The predicted molar refractivity (Wildman–Crippen MR) is 87.4 cm³/mol. The highest BCUT2D eigenvalue weighted by Crippen LogP contribution is 2.23. The normalized spacial score (nSPS) is 17.6. The van der Waals surface area contributed by atoms with Crippen molar-refractivity contribution in [1.82, 2.24) is 19.9 Å². The molecule has 0 saturated carbocycles. The van der Waals surface area contributed by atoms with E-state index < -0.39 is 0 Å². The van der Waals surface area contributed by atoms with Gasteiger partial charge in [0.15, 0.2) is 0 Å². The molecule has 1 aliphatic rings. The molecular weight excluding hydrogens is 290 g/mol. The van der Waals surface area contributed by atoms with Crippen molar-refractivity contribution in [3.63, 3.8) is 0 Å². The first-order valence-corrected chi connectivity index (χ1v) is 7.74. The Bertz CT molecular complexity index is 795. The third kappa shape index (κ3) is 3.06. The molecule has 1 fully saturated rings. The van der Waals surface area contributed by atoms with E-state index in [2.05, 4.69) is 19.9 Å². The van der Waals surface area contributed by atoms with Gasteiger partial charge in [0.1, 0.15) is 5.82 Å². The molecule has 0 spiro atoms. The van der Waals surface area contributed by atoms with E-state index in [0.29, 0.717) is 18.4 Å². The molecule has 0 bridgehead atoms. The number of ether oxygens (including phenoxy) is 1. The number of anilines is 1. The van der Waals surface area contributed by atoms with Crippen molar-refractivity contribution in [1.29, 1.82) is 0 Å². The van der Waals surface area contributed by atoms with E-state index in [9.17, 15) is 0 Å². The molecule has 4 rings (SSSR count). The molecule has 0 N–H and O–H groups in total. The lowest BCUT2D eigenvalue weighted by Crippen LogP contribution is -2.23. The Balaban J connectivity index is 1.41. The Morgan fingerprint density at radius 1 is 1.09 bits per heavy atom. The average molecular weight is 307 g/mol. The molecule has 1 aromatic carbocycles. The number of para-hydroxylation sites is 2. The van der Waals surface area contributed by atoms with Gasteiger partial charge in [0.25, 0.3) is 0 Å². The monoisotopic (exact) mass is 307 g/mol. The zero-order chi connectivity index (χ0) is 15.5. The molecule has 0 radical (unpaired) electrons. The van der Waals surface area contributed by atoms with Crippen LogP contribution in [0.25, 0.3) is 11.0 Å². The van der Waals surface area contributed by atoms with Crippen molar-refractivity contribution in [3.8, 4) is 5.88 Å². The first-order chi connectivity index (χ1) is 11.4. The molecule has 1 saturated heterocycles. The van der Waals surface area contributed by atoms with Gasteiger partial charge in [-0.25, -0.2) is 9.97 Å². The number of fused-ring (bicyclic) bond motifs is 1. The summed E-state index contributed by atoms with van der Waals surface area (Å²) >= 11 is 0. The fraction of sp³-hybridized carbons (Fsp3) is 0.294. The maximum absolute atomic E-state index is 5.71. The SMILES string of the molecule is c1ccc2nc(N3CCC(COc4cnccn4)C3)cnc2c1. The van der Waals surface area contributed by atoms with E-state index in [1.807, 2.05) is 30.5 Å². The number of hydrogen-bond acceptors (Lipinski definition) is 6. The van der Waals surface area contributed by atoms with Gasteiger partial charge in [-0.2, -0.15) is 0 Å². The van der Waals surface area contributed by atoms with Crippen LogP contribution in [0.4, 0.5) is 5.82 Å². The van der Waals surface area contributed by atoms with Gasteiger partial charge < -0.3 is 9.64 Å². The molecule has 1 atom stereocenters. The van der Waals surface area contributed by atoms with Crippen molar-refractivity contribution in [2.45, 2.75) is 6.42 Å². The second kappa shape index (κ2) is 6.16. The summed E-state index contributed by atoms with van der Waals surface area (Å²) in [6, 6.07) is 7.94. The van der Waals surface area contributed by atoms with Gasteiger partial charge in [-0.3, -0.25) is 9.97 Å². The van der Waals surface area contributed by atoms with Crippen LogP contribution in [0.15, 0.2) is 49.1 Å². The largest absolute Gasteiger partial charge is 0.476 e. The minimum Gasteiger partial charge on any atom is -0.476 e. The van der Waals surface area contributed by atoms with Crippen LogP contribution in [0, 0.1) is 5.92 Å². The fourth-order valence-electron chi connectivity index (χ4n) is 2.84. The first-order valence-electron chi connectivity index (χ1n) is 7.74. The Hall–Kier alpha value is -2.76. The molecule has 6 nitrogen and oxygen atoms in total. The number of nitrogens with zero attached hydrogens (tertiary/aromatic N) is 5. The molecule has 1 aliphatic heterocycles. The summed E-state index contributed by atoms with van der Waals surface area (Å²) in [5.74, 6) is 1.98. The lowest BCUT2D eigenvalue weighted by atomic mass is 10.1. The van der Waals surface area contributed by atoms with Crippen LogP contribution in [0.2, 0.25) is 0 Å². The second-order valence-electron chi connectivity index (χ2n) is 5.67. The third-order valence-corrected chi connectivity index (χ3v) is 4.05. The second-order valence-corrected chi connectivity index (χ2v) is 5.67. The van der Waals surface area contributed by atoms with Gasteiger partial charge in [-0.05, 0) is 18.6 Å². The molecule has 2 aromatic heterocycles. The molecule has 116 valence electrons. The zero-order valence-corrected chi connectivity index (χ0v) is 12.7. The van der Waals surface area contributed by atoms with Gasteiger partial charge >= 0.3 is 0 Å². The van der Waals surface area contributed by atoms with E-state index in [-0.39, 0.29) is 0 Å². The predicted octanol–water partition coefficient (Wildman–Crippen LogP) is 2.33. The lowest BCUT2D eigenvalue weighted by Gasteiger charge is -2.17. The molecule has 1 unspecified atom stereocenters. The first kappa shape index (κ1) is 13.9. The van der Waals surface area contributed by atoms with Crippen LogP contribution in [-0.2, 0) is 0 Å². The van der Waals surface area contributed by atoms with Crippen molar-refractivity contribution in [3.05, 3.63) is 49.1 Å². The number of aromatic nitrogens is 4. The van der Waals surface area contributed by atoms with Crippen molar-refractivity contribution in [2.24, 2.45) is 5.92 Å². The standard InChI is InChI=1S/C17H17N5O/c1-2-4-15-14(3-1)20-9-16(21-15)22-8-5-13(11-22)12-23-17-10-18-6-7-19-17/h1-4,6-7,9-10,13H,5,8,11-12H2. The number of hydrogen-bond donors (Lipinski definition) is 0. The van der Waals surface area contributed by atoms with E-state index in [1.54, 1.807) is 18.6 Å². The van der Waals surface area contributed by atoms with Gasteiger partial charge in [0.2, 0.25) is 5.88 Å². The van der Waals surface area contributed by atoms with Crippen LogP contribution >= 0.6 is 0 Å². The maximum Gasteiger partial charge on any atom is 0.232 e. The van der Waals surface area contributed by atoms with Crippen molar-refractivity contribution in [2.75, 3.05) is 24.6 Å². The lowest BCUT2D eigenvalue weighted by molar-refractivity contribution is 0.251. The fourth-order valence-corrected chi connectivity index (χ4v) is 2.84. The Morgan fingerprint density at radius 3 is 2.87 bits per heavy atom. The molecule has 3 heterocycles. The summed E-state index contributed by atoms with van der Waals surface area (Å²) in [5, 5.41) is 0. The quantitative estimate of drug-likeness (QED) is 0.737. The van der Waals surface area contributed by atoms with E-state index in [4.69, 9.17) is 9.72 Å². The summed E-state index contributed by atoms with van der Waals surface area (Å²) in [5.41, 5.74) is 1.86. The summed E-state index contributed by atoms with van der Waals surface area (Å²) in [4.78, 5) is 19.6. The Labute approximate surface area is 134 Å². The molecule has 6 heteroatoms. The maximum atomic E-state index is 5.71. The molecular formula is C17H17N5O. The summed E-state index contributed by atoms with van der Waals surface area (Å²) in [7, 11) is 0. The van der Waals surface area contributed by atoms with Crippen LogP contribution in [0.1, 0.15) is 6.42 Å². The van der Waals surface area contributed by atoms with Crippen LogP contribution in [-0.4, -0.2) is 39.6 Å². The zero-order valence-electron chi connectivity index (χ0n) is 12.7. The van der Waals surface area contributed by atoms with Gasteiger partial charge in [0, 0.05) is 31.4 Å². The van der Waals surface area contributed by atoms with Crippen molar-refractivity contribution >= 4 is 16.9 Å². The Kier molecular flexibility index (Phi) is 3.71. The van der Waals surface area contributed by atoms with E-state index in [0.717, 1.165) is 36.4 Å². The highest BCUT2D eigenvalue weighted by molar-refractivity contribution is 5.75. The van der Waals surface area contributed by atoms with Crippen molar-refractivity contribution < 1.29 is 4.74 Å². The highest BCUT2D eigenvalue weighted by atomic mass is 16.5. The van der Waals surface area contributed by atoms with Crippen LogP contribution in [0.5, 0.6) is 5.88 Å². The Morgan fingerprint density at radius 2 is 2.00 bits per heavy atom. The smallest absolute Gasteiger partial charge is 0.232 e. The molecule has 0 amide bonds. The number of benzene rings is 1. The molecule has 3 aromatic rings. The molecule has 0 aliphatic carbocycles. The van der Waals surface area contributed by atoms with Crippen LogP contribution in [0.3, 0.4) is 0 Å². The number of rotatable bonds is 4. The summed E-state index contributed by atoms with van der Waals surface area (Å²) in [6.45, 7) is 2.55. The summed E-state index contributed by atoms with van der Waals surface area (Å²) in [6.07, 6.45) is 7.86. The van der Waals surface area contributed by atoms with E-state index in [1.165, 1.54) is 0 Å². The van der Waals surface area contributed by atoms with Gasteiger partial charge in [-0.15, -0.1) is 0 Å². The highest BCUT2D eigenvalue weighted by Gasteiger charge is 2.24. The average Bonchev–Trinajstić information content (AvgIpc) is 3.09. The minimum absolute atomic E-state index is 0.463. The van der Waals surface area contributed by atoms with E-state index >= 15 is 0 Å². The minimum atomic E-state index is 0.463. The van der Waals surface area contributed by atoms with Crippen LogP contribution < -0.4 is 9.64 Å². The van der Waals surface area contributed by atoms with Gasteiger partial charge in [0.05, 0.1) is 30.0 Å². The third-order valence-electron chi connectivity index (χ3n) is 4.05. The molecule has 23 heavy (non-hydrogen) atoms. The summed E-state index contributed by atoms with van der Waals surface area (Å²) < 4.78 is 5.71.